The topological polar surface area (TPSA) is 24.1 Å². The smallest absolute Gasteiger partial charge is 0.0195 e. The Hall–Kier alpha value is -0.0800. The lowest BCUT2D eigenvalue weighted by Crippen LogP contribution is -2.49. The minimum atomic E-state index is 0.354. The molecule has 2 fully saturated rings. The van der Waals surface area contributed by atoms with Crippen LogP contribution in [0.4, 0.5) is 0 Å². The van der Waals surface area contributed by atoms with Gasteiger partial charge in [0, 0.05) is 24.2 Å². The van der Waals surface area contributed by atoms with Gasteiger partial charge in [0.25, 0.3) is 0 Å². The van der Waals surface area contributed by atoms with Crippen LogP contribution in [0.5, 0.6) is 0 Å². The molecule has 0 saturated carbocycles. The molecule has 13 heavy (non-hydrogen) atoms. The minimum absolute atomic E-state index is 0.354. The van der Waals surface area contributed by atoms with Crippen molar-refractivity contribution in [1.29, 1.82) is 0 Å². The molecule has 76 valence electrons. The first-order valence-electron chi connectivity index (χ1n) is 5.61. The largest absolute Gasteiger partial charge is 0.310 e. The average molecular weight is 182 g/mol. The van der Waals surface area contributed by atoms with Gasteiger partial charge >= 0.3 is 0 Å². The van der Waals surface area contributed by atoms with E-state index < -0.39 is 0 Å². The van der Waals surface area contributed by atoms with Crippen LogP contribution in [0, 0.1) is 5.92 Å². The molecule has 0 radical (unpaired) electrons. The molecule has 0 spiro atoms. The van der Waals surface area contributed by atoms with Crippen LogP contribution in [0.15, 0.2) is 0 Å². The molecule has 2 nitrogen and oxygen atoms in total. The van der Waals surface area contributed by atoms with Crippen molar-refractivity contribution in [3.8, 4) is 0 Å². The summed E-state index contributed by atoms with van der Waals surface area (Å²) in [6, 6.07) is 1.51. The Kier molecular flexibility index (Phi) is 2.37. The van der Waals surface area contributed by atoms with Crippen molar-refractivity contribution in [1.82, 2.24) is 10.6 Å². The highest BCUT2D eigenvalue weighted by atomic mass is 15.1. The van der Waals surface area contributed by atoms with Crippen molar-refractivity contribution in [2.45, 2.75) is 57.7 Å². The van der Waals surface area contributed by atoms with Crippen molar-refractivity contribution in [2.24, 2.45) is 5.92 Å². The lowest BCUT2D eigenvalue weighted by molar-refractivity contribution is 0.233. The molecule has 3 unspecified atom stereocenters. The maximum Gasteiger partial charge on any atom is 0.0195 e. The quantitative estimate of drug-likeness (QED) is 0.642. The summed E-state index contributed by atoms with van der Waals surface area (Å²) in [4.78, 5) is 0. The zero-order valence-corrected chi connectivity index (χ0v) is 9.06. The molecule has 3 atom stereocenters. The lowest BCUT2D eigenvalue weighted by Gasteiger charge is -2.36. The third kappa shape index (κ3) is 1.75. The van der Waals surface area contributed by atoms with Crippen LogP contribution in [-0.4, -0.2) is 24.2 Å². The molecular formula is C11H22N2. The zero-order valence-electron chi connectivity index (χ0n) is 9.06. The van der Waals surface area contributed by atoms with E-state index in [0.717, 1.165) is 24.5 Å². The molecule has 2 saturated heterocycles. The van der Waals surface area contributed by atoms with Crippen molar-refractivity contribution in [3.63, 3.8) is 0 Å². The number of hydrogen-bond acceptors (Lipinski definition) is 2. The maximum atomic E-state index is 3.73. The van der Waals surface area contributed by atoms with E-state index in [9.17, 15) is 0 Å². The zero-order chi connectivity index (χ0) is 9.47. The van der Waals surface area contributed by atoms with Gasteiger partial charge < -0.3 is 10.6 Å². The van der Waals surface area contributed by atoms with Crippen LogP contribution in [-0.2, 0) is 0 Å². The monoisotopic (exact) mass is 182 g/mol. The molecule has 0 aliphatic carbocycles. The second kappa shape index (κ2) is 3.25. The van der Waals surface area contributed by atoms with Crippen LogP contribution >= 0.6 is 0 Å². The van der Waals surface area contributed by atoms with E-state index in [2.05, 4.69) is 31.4 Å². The van der Waals surface area contributed by atoms with Crippen molar-refractivity contribution < 1.29 is 0 Å². The Bertz CT molecular complexity index is 191. The van der Waals surface area contributed by atoms with Gasteiger partial charge in [-0.15, -0.1) is 0 Å². The van der Waals surface area contributed by atoms with E-state index >= 15 is 0 Å². The van der Waals surface area contributed by atoms with Crippen LogP contribution in [0.2, 0.25) is 0 Å². The van der Waals surface area contributed by atoms with Gasteiger partial charge in [-0.1, -0.05) is 13.8 Å². The summed E-state index contributed by atoms with van der Waals surface area (Å²) in [6.07, 6.45) is 4.04. The molecule has 2 N–H and O–H groups in total. The summed E-state index contributed by atoms with van der Waals surface area (Å²) < 4.78 is 0. The molecule has 0 aromatic rings. The molecule has 2 heteroatoms. The fraction of sp³-hybridized carbons (Fsp3) is 1.00. The van der Waals surface area contributed by atoms with Crippen LogP contribution < -0.4 is 10.6 Å². The Balaban J connectivity index is 2.08. The third-order valence-corrected chi connectivity index (χ3v) is 4.03. The van der Waals surface area contributed by atoms with Crippen LogP contribution in [0.3, 0.4) is 0 Å². The Morgan fingerprint density at radius 3 is 2.62 bits per heavy atom. The van der Waals surface area contributed by atoms with Crippen molar-refractivity contribution >= 4 is 0 Å². The second-order valence-corrected chi connectivity index (χ2v) is 5.30. The Labute approximate surface area is 81.5 Å². The first-order chi connectivity index (χ1) is 6.10. The van der Waals surface area contributed by atoms with Crippen LogP contribution in [0.25, 0.3) is 0 Å². The predicted octanol–water partition coefficient (Wildman–Crippen LogP) is 1.51. The molecule has 0 aromatic carbocycles. The summed E-state index contributed by atoms with van der Waals surface area (Å²) in [6.45, 7) is 8.18. The number of hydrogen-bond donors (Lipinski definition) is 2. The molecule has 2 aliphatic rings. The van der Waals surface area contributed by atoms with Crippen LogP contribution in [0.1, 0.15) is 40.0 Å². The van der Waals surface area contributed by atoms with E-state index in [0.29, 0.717) is 5.54 Å². The van der Waals surface area contributed by atoms with Gasteiger partial charge in [0.15, 0.2) is 0 Å². The highest BCUT2D eigenvalue weighted by Gasteiger charge is 2.38. The number of nitrogens with one attached hydrogen (secondary N) is 2. The number of rotatable bonds is 1. The molecule has 2 heterocycles. The SMILES string of the molecule is CC(C)C1(C)CC2CCC(CN1)N2. The normalized spacial score (nSPS) is 45.2. The van der Waals surface area contributed by atoms with E-state index in [1.165, 1.54) is 19.3 Å². The second-order valence-electron chi connectivity index (χ2n) is 5.30. The fourth-order valence-electron chi connectivity index (χ4n) is 2.60. The summed E-state index contributed by atoms with van der Waals surface area (Å²) in [5.41, 5.74) is 0.354. The van der Waals surface area contributed by atoms with Gasteiger partial charge in [0.1, 0.15) is 0 Å². The van der Waals surface area contributed by atoms with E-state index in [1.54, 1.807) is 0 Å². The molecule has 0 amide bonds. The molecule has 2 aliphatic heterocycles. The highest BCUT2D eigenvalue weighted by Crippen LogP contribution is 2.29. The molecular weight excluding hydrogens is 160 g/mol. The van der Waals surface area contributed by atoms with Gasteiger partial charge in [0.2, 0.25) is 0 Å². The standard InChI is InChI=1S/C11H22N2/c1-8(2)11(3)6-9-4-5-10(13-9)7-12-11/h8-10,12-13H,4-7H2,1-3H3. The molecule has 2 rings (SSSR count). The van der Waals surface area contributed by atoms with Gasteiger partial charge in [0.05, 0.1) is 0 Å². The summed E-state index contributed by atoms with van der Waals surface area (Å²) in [5.74, 6) is 0.730. The van der Waals surface area contributed by atoms with Gasteiger partial charge in [-0.05, 0) is 32.1 Å². The first kappa shape index (κ1) is 9.47. The Morgan fingerprint density at radius 2 is 1.92 bits per heavy atom. The van der Waals surface area contributed by atoms with E-state index in [-0.39, 0.29) is 0 Å². The van der Waals surface area contributed by atoms with Gasteiger partial charge in [-0.2, -0.15) is 0 Å². The van der Waals surface area contributed by atoms with Gasteiger partial charge in [-0.25, -0.2) is 0 Å². The first-order valence-corrected chi connectivity index (χ1v) is 5.61. The van der Waals surface area contributed by atoms with E-state index in [4.69, 9.17) is 0 Å². The summed E-state index contributed by atoms with van der Waals surface area (Å²) >= 11 is 0. The van der Waals surface area contributed by atoms with Crippen molar-refractivity contribution in [3.05, 3.63) is 0 Å². The molecule has 2 bridgehead atoms. The Morgan fingerprint density at radius 1 is 1.23 bits per heavy atom. The molecule has 0 aromatic heterocycles. The third-order valence-electron chi connectivity index (χ3n) is 4.03. The maximum absolute atomic E-state index is 3.73. The number of fused-ring (bicyclic) bond motifs is 2. The minimum Gasteiger partial charge on any atom is -0.310 e. The van der Waals surface area contributed by atoms with Crippen molar-refractivity contribution in [2.75, 3.05) is 6.54 Å². The highest BCUT2D eigenvalue weighted by molar-refractivity contribution is 4.99. The summed E-state index contributed by atoms with van der Waals surface area (Å²) in [7, 11) is 0. The average Bonchev–Trinajstić information content (AvgIpc) is 2.39. The van der Waals surface area contributed by atoms with Gasteiger partial charge in [-0.3, -0.25) is 0 Å². The lowest BCUT2D eigenvalue weighted by atomic mass is 9.81. The van der Waals surface area contributed by atoms with E-state index in [1.807, 2.05) is 0 Å². The summed E-state index contributed by atoms with van der Waals surface area (Å²) in [5, 5.41) is 7.43. The predicted molar refractivity (Wildman–Crippen MR) is 55.8 cm³/mol. The fourth-order valence-corrected chi connectivity index (χ4v) is 2.60.